The number of carbonyl (C=O) groups is 1. The number of amides is 1. The first kappa shape index (κ1) is 15.4. The van der Waals surface area contributed by atoms with E-state index in [2.05, 4.69) is 21.8 Å². The van der Waals surface area contributed by atoms with Gasteiger partial charge in [0.15, 0.2) is 0 Å². The molecule has 1 aromatic heterocycles. The first-order valence-electron chi connectivity index (χ1n) is 7.92. The Hall–Kier alpha value is -1.50. The van der Waals surface area contributed by atoms with Crippen molar-refractivity contribution in [1.82, 2.24) is 19.7 Å². The van der Waals surface area contributed by atoms with Gasteiger partial charge in [-0.05, 0) is 13.1 Å². The van der Waals surface area contributed by atoms with Crippen LogP contribution in [0.15, 0.2) is 24.5 Å². The number of hydrogen-bond donors (Lipinski definition) is 0. The maximum atomic E-state index is 12.4. The maximum absolute atomic E-state index is 12.4. The van der Waals surface area contributed by atoms with E-state index in [4.69, 9.17) is 4.74 Å². The quantitative estimate of drug-likeness (QED) is 0.800. The molecule has 6 nitrogen and oxygen atoms in total. The first-order valence-corrected chi connectivity index (χ1v) is 7.92. The summed E-state index contributed by atoms with van der Waals surface area (Å²) in [5.74, 6) is 0.236. The second kappa shape index (κ2) is 7.17. The largest absolute Gasteiger partial charge is 0.371 e. The molecule has 2 saturated heterocycles. The molecule has 120 valence electrons. The summed E-state index contributed by atoms with van der Waals surface area (Å²) >= 11 is 0. The highest BCUT2D eigenvalue weighted by atomic mass is 16.5. The van der Waals surface area contributed by atoms with E-state index >= 15 is 0 Å². The van der Waals surface area contributed by atoms with Gasteiger partial charge in [0.1, 0.15) is 0 Å². The highest BCUT2D eigenvalue weighted by Gasteiger charge is 2.26. The number of ether oxygens (including phenoxy) is 1. The Balaban J connectivity index is 1.53. The van der Waals surface area contributed by atoms with Crippen molar-refractivity contribution in [3.63, 3.8) is 0 Å². The molecule has 22 heavy (non-hydrogen) atoms. The van der Waals surface area contributed by atoms with E-state index in [0.717, 1.165) is 44.8 Å². The van der Waals surface area contributed by atoms with Crippen LogP contribution < -0.4 is 0 Å². The van der Waals surface area contributed by atoms with Crippen molar-refractivity contribution in [3.8, 4) is 0 Å². The maximum Gasteiger partial charge on any atom is 0.236 e. The van der Waals surface area contributed by atoms with Crippen LogP contribution in [0.25, 0.3) is 0 Å². The van der Waals surface area contributed by atoms with Crippen LogP contribution in [0.5, 0.6) is 0 Å². The Kier molecular flexibility index (Phi) is 5.02. The molecule has 1 unspecified atom stereocenters. The molecule has 1 atom stereocenters. The zero-order valence-electron chi connectivity index (χ0n) is 13.1. The summed E-state index contributed by atoms with van der Waals surface area (Å²) in [5, 5.41) is 0. The van der Waals surface area contributed by atoms with Crippen molar-refractivity contribution in [2.75, 3.05) is 59.5 Å². The summed E-state index contributed by atoms with van der Waals surface area (Å²) in [5.41, 5.74) is 1.08. The van der Waals surface area contributed by atoms with Crippen molar-refractivity contribution in [2.45, 2.75) is 6.10 Å². The van der Waals surface area contributed by atoms with Crippen LogP contribution in [0.3, 0.4) is 0 Å². The standard InChI is InChI=1S/C16H24N4O2/c1-18-5-7-20(8-6-18)16(21)13-19-9-10-22-15(12-19)14-3-2-4-17-11-14/h2-4,11,15H,5-10,12-13H2,1H3. The van der Waals surface area contributed by atoms with Crippen LogP contribution in [0.1, 0.15) is 11.7 Å². The minimum atomic E-state index is 0.0164. The van der Waals surface area contributed by atoms with Crippen molar-refractivity contribution in [3.05, 3.63) is 30.1 Å². The lowest BCUT2D eigenvalue weighted by Crippen LogP contribution is -2.51. The van der Waals surface area contributed by atoms with Crippen LogP contribution >= 0.6 is 0 Å². The first-order chi connectivity index (χ1) is 10.7. The zero-order valence-corrected chi connectivity index (χ0v) is 13.1. The Labute approximate surface area is 131 Å². The Morgan fingerprint density at radius 2 is 2.14 bits per heavy atom. The van der Waals surface area contributed by atoms with Crippen molar-refractivity contribution < 1.29 is 9.53 Å². The van der Waals surface area contributed by atoms with Gasteiger partial charge in [0.05, 0.1) is 19.3 Å². The molecule has 3 rings (SSSR count). The summed E-state index contributed by atoms with van der Waals surface area (Å²) < 4.78 is 5.82. The van der Waals surface area contributed by atoms with Gasteiger partial charge in [0.25, 0.3) is 0 Å². The number of carbonyl (C=O) groups excluding carboxylic acids is 1. The normalized spacial score (nSPS) is 24.4. The average molecular weight is 304 g/mol. The summed E-state index contributed by atoms with van der Waals surface area (Å²) in [6.45, 7) is 6.33. The molecule has 1 aromatic rings. The van der Waals surface area contributed by atoms with Crippen LogP contribution in [-0.4, -0.2) is 85.1 Å². The highest BCUT2D eigenvalue weighted by Crippen LogP contribution is 2.21. The summed E-state index contributed by atoms with van der Waals surface area (Å²) in [6, 6.07) is 3.95. The smallest absolute Gasteiger partial charge is 0.236 e. The number of morpholine rings is 1. The average Bonchev–Trinajstić information content (AvgIpc) is 2.56. The molecule has 0 aromatic carbocycles. The van der Waals surface area contributed by atoms with E-state index in [-0.39, 0.29) is 12.0 Å². The van der Waals surface area contributed by atoms with Crippen molar-refractivity contribution in [1.29, 1.82) is 0 Å². The van der Waals surface area contributed by atoms with Gasteiger partial charge < -0.3 is 14.5 Å². The van der Waals surface area contributed by atoms with E-state index in [0.29, 0.717) is 13.2 Å². The van der Waals surface area contributed by atoms with Crippen LogP contribution in [0.4, 0.5) is 0 Å². The lowest BCUT2D eigenvalue weighted by molar-refractivity contribution is -0.136. The molecular weight excluding hydrogens is 280 g/mol. The lowest BCUT2D eigenvalue weighted by atomic mass is 10.1. The molecule has 0 aliphatic carbocycles. The fraction of sp³-hybridized carbons (Fsp3) is 0.625. The third-order valence-electron chi connectivity index (χ3n) is 4.42. The van der Waals surface area contributed by atoms with Crippen LogP contribution in [0, 0.1) is 0 Å². The monoisotopic (exact) mass is 304 g/mol. The van der Waals surface area contributed by atoms with Crippen LogP contribution in [-0.2, 0) is 9.53 Å². The van der Waals surface area contributed by atoms with Gasteiger partial charge in [-0.2, -0.15) is 0 Å². The number of piperazine rings is 1. The predicted molar refractivity (Wildman–Crippen MR) is 83.4 cm³/mol. The van der Waals surface area contributed by atoms with E-state index in [1.165, 1.54) is 0 Å². The molecule has 1 amide bonds. The number of rotatable bonds is 3. The second-order valence-electron chi connectivity index (χ2n) is 6.06. The van der Waals surface area contributed by atoms with Gasteiger partial charge in [0, 0.05) is 57.2 Å². The Morgan fingerprint density at radius 3 is 2.86 bits per heavy atom. The minimum absolute atomic E-state index is 0.0164. The van der Waals surface area contributed by atoms with Crippen molar-refractivity contribution in [2.24, 2.45) is 0 Å². The van der Waals surface area contributed by atoms with E-state index in [1.54, 1.807) is 6.20 Å². The summed E-state index contributed by atoms with van der Waals surface area (Å²) in [4.78, 5) is 23.0. The van der Waals surface area contributed by atoms with Gasteiger partial charge in [-0.3, -0.25) is 14.7 Å². The topological polar surface area (TPSA) is 48.9 Å². The molecule has 0 spiro atoms. The van der Waals surface area contributed by atoms with Crippen LogP contribution in [0.2, 0.25) is 0 Å². The summed E-state index contributed by atoms with van der Waals surface area (Å²) in [7, 11) is 2.10. The third kappa shape index (κ3) is 3.82. The molecule has 0 saturated carbocycles. The number of pyridine rings is 1. The van der Waals surface area contributed by atoms with Gasteiger partial charge in [-0.1, -0.05) is 6.07 Å². The molecule has 3 heterocycles. The van der Waals surface area contributed by atoms with Gasteiger partial charge >= 0.3 is 0 Å². The number of nitrogens with zero attached hydrogens (tertiary/aromatic N) is 4. The highest BCUT2D eigenvalue weighted by molar-refractivity contribution is 5.78. The Morgan fingerprint density at radius 1 is 1.32 bits per heavy atom. The zero-order chi connectivity index (χ0) is 15.4. The number of hydrogen-bond acceptors (Lipinski definition) is 5. The van der Waals surface area contributed by atoms with Gasteiger partial charge in [0.2, 0.25) is 5.91 Å². The number of likely N-dealkylation sites (N-methyl/N-ethyl adjacent to an activating group) is 1. The fourth-order valence-electron chi connectivity index (χ4n) is 2.96. The molecule has 0 N–H and O–H groups in total. The van der Waals surface area contributed by atoms with E-state index < -0.39 is 0 Å². The molecule has 2 aliphatic rings. The predicted octanol–water partition coefficient (Wildman–Crippen LogP) is 0.229. The van der Waals surface area contributed by atoms with E-state index in [1.807, 2.05) is 23.2 Å². The third-order valence-corrected chi connectivity index (χ3v) is 4.42. The molecule has 2 aliphatic heterocycles. The fourth-order valence-corrected chi connectivity index (χ4v) is 2.96. The molecular formula is C16H24N4O2. The molecule has 2 fully saturated rings. The lowest BCUT2D eigenvalue weighted by Gasteiger charge is -2.36. The van der Waals surface area contributed by atoms with Gasteiger partial charge in [-0.25, -0.2) is 0 Å². The summed E-state index contributed by atoms with van der Waals surface area (Å²) in [6.07, 6.45) is 3.63. The minimum Gasteiger partial charge on any atom is -0.371 e. The number of aromatic nitrogens is 1. The van der Waals surface area contributed by atoms with E-state index in [9.17, 15) is 4.79 Å². The molecule has 6 heteroatoms. The SMILES string of the molecule is CN1CCN(C(=O)CN2CCOC(c3cccnc3)C2)CC1. The molecule has 0 bridgehead atoms. The second-order valence-corrected chi connectivity index (χ2v) is 6.06. The van der Waals surface area contributed by atoms with Gasteiger partial charge in [-0.15, -0.1) is 0 Å². The Bertz CT molecular complexity index is 488. The van der Waals surface area contributed by atoms with Crippen molar-refractivity contribution >= 4 is 5.91 Å². The molecule has 0 radical (unpaired) electrons.